The van der Waals surface area contributed by atoms with E-state index in [-0.39, 0.29) is 10.2 Å². The fourth-order valence-corrected chi connectivity index (χ4v) is 1.40. The molecule has 0 radical (unpaired) electrons. The van der Waals surface area contributed by atoms with Crippen LogP contribution in [0.2, 0.25) is 0 Å². The molecule has 0 aromatic heterocycles. The van der Waals surface area contributed by atoms with Crippen LogP contribution in [0.1, 0.15) is 6.42 Å². The predicted molar refractivity (Wildman–Crippen MR) is 59.6 cm³/mol. The van der Waals surface area contributed by atoms with Gasteiger partial charge in [-0.15, -0.1) is 0 Å². The summed E-state index contributed by atoms with van der Waals surface area (Å²) in [5.41, 5.74) is -0.736. The maximum Gasteiger partial charge on any atom is 0.295 e. The summed E-state index contributed by atoms with van der Waals surface area (Å²) in [6.45, 7) is 0. The normalized spacial score (nSPS) is 9.47. The van der Waals surface area contributed by atoms with Crippen molar-refractivity contribution < 1.29 is 14.1 Å². The maximum atomic E-state index is 13.1. The van der Waals surface area contributed by atoms with E-state index >= 15 is 0 Å². The highest BCUT2D eigenvalue weighted by atomic mass is 79.9. The smallest absolute Gasteiger partial charge is 0.295 e. The van der Waals surface area contributed by atoms with Crippen LogP contribution in [-0.2, 0) is 4.79 Å². The first-order valence-electron chi connectivity index (χ1n) is 4.26. The van der Waals surface area contributed by atoms with Crippen molar-refractivity contribution in [3.8, 4) is 6.07 Å². The van der Waals surface area contributed by atoms with Crippen molar-refractivity contribution in [2.45, 2.75) is 6.42 Å². The molecule has 1 rings (SSSR count). The van der Waals surface area contributed by atoms with Crippen molar-refractivity contribution in [2.75, 3.05) is 5.32 Å². The number of nitro benzene ring substituents is 1. The van der Waals surface area contributed by atoms with Crippen LogP contribution in [0, 0.1) is 27.3 Å². The zero-order valence-electron chi connectivity index (χ0n) is 8.24. The second kappa shape index (κ2) is 5.36. The number of amides is 1. The van der Waals surface area contributed by atoms with Crippen LogP contribution >= 0.6 is 15.9 Å². The van der Waals surface area contributed by atoms with Gasteiger partial charge in [-0.25, -0.2) is 4.39 Å². The molecule has 88 valence electrons. The Balaban J connectivity index is 3.14. The molecule has 0 spiro atoms. The van der Waals surface area contributed by atoms with Gasteiger partial charge in [-0.05, 0) is 22.0 Å². The van der Waals surface area contributed by atoms with Crippen LogP contribution in [0.4, 0.5) is 15.8 Å². The molecule has 1 aromatic carbocycles. The second-order valence-electron chi connectivity index (χ2n) is 2.92. The molecule has 0 unspecified atom stereocenters. The number of hydrogen-bond acceptors (Lipinski definition) is 4. The van der Waals surface area contributed by atoms with E-state index < -0.39 is 28.8 Å². The Bertz CT molecular complexity index is 527. The molecule has 0 heterocycles. The number of carbonyl (C=O) groups is 1. The average Bonchev–Trinajstić information content (AvgIpc) is 2.23. The van der Waals surface area contributed by atoms with Gasteiger partial charge in [-0.2, -0.15) is 5.26 Å². The molecule has 0 aliphatic rings. The number of rotatable bonds is 3. The second-order valence-corrected chi connectivity index (χ2v) is 3.78. The van der Waals surface area contributed by atoms with Gasteiger partial charge in [0.1, 0.15) is 17.9 Å². The van der Waals surface area contributed by atoms with E-state index in [1.165, 1.54) is 0 Å². The predicted octanol–water partition coefficient (Wildman–Crippen LogP) is 2.35. The van der Waals surface area contributed by atoms with Crippen LogP contribution in [0.3, 0.4) is 0 Å². The molecule has 0 bridgehead atoms. The molecule has 0 saturated heterocycles. The minimum absolute atomic E-state index is 0.0182. The summed E-state index contributed by atoms with van der Waals surface area (Å²) in [6.07, 6.45) is -0.438. The minimum Gasteiger partial charge on any atom is -0.319 e. The van der Waals surface area contributed by atoms with Gasteiger partial charge >= 0.3 is 0 Å². The van der Waals surface area contributed by atoms with Crippen molar-refractivity contribution >= 4 is 33.2 Å². The number of hydrogen-bond donors (Lipinski definition) is 1. The maximum absolute atomic E-state index is 13.1. The first kappa shape index (κ1) is 13.1. The van der Waals surface area contributed by atoms with E-state index in [2.05, 4.69) is 21.2 Å². The van der Waals surface area contributed by atoms with Crippen LogP contribution in [0.5, 0.6) is 0 Å². The summed E-state index contributed by atoms with van der Waals surface area (Å²) in [7, 11) is 0. The minimum atomic E-state index is -0.822. The topological polar surface area (TPSA) is 96.0 Å². The molecular weight excluding hydrogens is 297 g/mol. The van der Waals surface area contributed by atoms with Crippen LogP contribution < -0.4 is 5.32 Å². The highest BCUT2D eigenvalue weighted by Crippen LogP contribution is 2.30. The molecule has 0 atom stereocenters. The van der Waals surface area contributed by atoms with E-state index in [9.17, 15) is 19.3 Å². The summed E-state index contributed by atoms with van der Waals surface area (Å²) in [5, 5.41) is 21.1. The summed E-state index contributed by atoms with van der Waals surface area (Å²) >= 11 is 2.84. The molecule has 8 heteroatoms. The molecule has 1 amide bonds. The lowest BCUT2D eigenvalue weighted by Crippen LogP contribution is -2.12. The van der Waals surface area contributed by atoms with Gasteiger partial charge in [0.25, 0.3) is 5.69 Å². The molecule has 1 aromatic rings. The van der Waals surface area contributed by atoms with Gasteiger partial charge < -0.3 is 5.32 Å². The number of nitrogens with one attached hydrogen (secondary N) is 1. The Hall–Kier alpha value is -2.01. The fourth-order valence-electron chi connectivity index (χ4n) is 1.05. The number of benzene rings is 1. The van der Waals surface area contributed by atoms with Gasteiger partial charge in [0.05, 0.1) is 21.5 Å². The first-order chi connectivity index (χ1) is 7.95. The Morgan fingerprint density at radius 3 is 2.82 bits per heavy atom. The molecule has 17 heavy (non-hydrogen) atoms. The van der Waals surface area contributed by atoms with Crippen molar-refractivity contribution in [1.29, 1.82) is 5.26 Å². The third kappa shape index (κ3) is 3.22. The van der Waals surface area contributed by atoms with Crippen molar-refractivity contribution in [3.63, 3.8) is 0 Å². The molecule has 1 N–H and O–H groups in total. The fraction of sp³-hybridized carbons (Fsp3) is 0.111. The quantitative estimate of drug-likeness (QED) is 0.684. The number of nitriles is 1. The number of nitro groups is 1. The molecule has 0 fully saturated rings. The lowest BCUT2D eigenvalue weighted by atomic mass is 10.2. The van der Waals surface area contributed by atoms with E-state index in [0.717, 1.165) is 6.07 Å². The van der Waals surface area contributed by atoms with Gasteiger partial charge in [0, 0.05) is 0 Å². The standard InChI is InChI=1S/C9H5BrFN3O3/c10-5-3-7(13-9(15)1-2-12)8(14(16)17)4-6(5)11/h3-4H,1H2,(H,13,15). The van der Waals surface area contributed by atoms with Crippen LogP contribution in [-0.4, -0.2) is 10.8 Å². The highest BCUT2D eigenvalue weighted by molar-refractivity contribution is 9.10. The molecule has 0 aliphatic heterocycles. The monoisotopic (exact) mass is 301 g/mol. The van der Waals surface area contributed by atoms with Gasteiger partial charge in [0.15, 0.2) is 0 Å². The Morgan fingerprint density at radius 2 is 2.29 bits per heavy atom. The number of carbonyl (C=O) groups excluding carboxylic acids is 1. The molecule has 6 nitrogen and oxygen atoms in total. The Labute approximate surface area is 103 Å². The van der Waals surface area contributed by atoms with Gasteiger partial charge in [-0.3, -0.25) is 14.9 Å². The largest absolute Gasteiger partial charge is 0.319 e. The summed E-state index contributed by atoms with van der Waals surface area (Å²) in [4.78, 5) is 20.9. The zero-order valence-corrected chi connectivity index (χ0v) is 9.82. The van der Waals surface area contributed by atoms with Crippen LogP contribution in [0.15, 0.2) is 16.6 Å². The highest BCUT2D eigenvalue weighted by Gasteiger charge is 2.19. The number of anilines is 1. The van der Waals surface area contributed by atoms with Crippen molar-refractivity contribution in [3.05, 3.63) is 32.5 Å². The number of halogens is 2. The third-order valence-corrected chi connectivity index (χ3v) is 2.36. The van der Waals surface area contributed by atoms with E-state index in [4.69, 9.17) is 5.26 Å². The molecule has 0 aliphatic carbocycles. The molecule has 0 saturated carbocycles. The lowest BCUT2D eigenvalue weighted by molar-refractivity contribution is -0.384. The van der Waals surface area contributed by atoms with E-state index in [0.29, 0.717) is 6.07 Å². The van der Waals surface area contributed by atoms with Gasteiger partial charge in [0.2, 0.25) is 5.91 Å². The summed E-state index contributed by atoms with van der Waals surface area (Å²) in [6, 6.07) is 3.35. The average molecular weight is 302 g/mol. The SMILES string of the molecule is N#CCC(=O)Nc1cc(Br)c(F)cc1[N+](=O)[O-]. The van der Waals surface area contributed by atoms with Gasteiger partial charge in [-0.1, -0.05) is 0 Å². The van der Waals surface area contributed by atoms with Crippen molar-refractivity contribution in [1.82, 2.24) is 0 Å². The summed E-state index contributed by atoms with van der Waals surface area (Å²) in [5.74, 6) is -1.51. The van der Waals surface area contributed by atoms with E-state index in [1.807, 2.05) is 0 Å². The van der Waals surface area contributed by atoms with Crippen molar-refractivity contribution in [2.24, 2.45) is 0 Å². The first-order valence-corrected chi connectivity index (χ1v) is 5.05. The van der Waals surface area contributed by atoms with Crippen LogP contribution in [0.25, 0.3) is 0 Å². The van der Waals surface area contributed by atoms with E-state index in [1.54, 1.807) is 6.07 Å². The molecular formula is C9H5BrFN3O3. The summed E-state index contributed by atoms with van der Waals surface area (Å²) < 4.78 is 13.1. The zero-order chi connectivity index (χ0) is 13.0. The third-order valence-electron chi connectivity index (χ3n) is 1.75. The Morgan fingerprint density at radius 1 is 1.65 bits per heavy atom. The Kier molecular flexibility index (Phi) is 4.12. The number of nitrogens with zero attached hydrogens (tertiary/aromatic N) is 2. The lowest BCUT2D eigenvalue weighted by Gasteiger charge is -2.05.